The fourth-order valence-electron chi connectivity index (χ4n) is 1.79. The van der Waals surface area contributed by atoms with Crippen LogP contribution in [0.25, 0.3) is 0 Å². The summed E-state index contributed by atoms with van der Waals surface area (Å²) in [7, 11) is 1.90. The lowest BCUT2D eigenvalue weighted by Crippen LogP contribution is -2.02. The van der Waals surface area contributed by atoms with Crippen LogP contribution in [0.5, 0.6) is 5.75 Å². The maximum absolute atomic E-state index is 5.78. The van der Waals surface area contributed by atoms with Crippen molar-refractivity contribution in [3.05, 3.63) is 35.0 Å². The van der Waals surface area contributed by atoms with E-state index >= 15 is 0 Å². The second-order valence-electron chi connectivity index (χ2n) is 3.99. The molecule has 0 bridgehead atoms. The molecule has 0 aromatic carbocycles. The third-order valence-corrected chi connectivity index (χ3v) is 2.84. The second-order valence-corrected chi connectivity index (χ2v) is 3.99. The molecule has 2 rings (SSSR count). The van der Waals surface area contributed by atoms with Crippen molar-refractivity contribution in [2.24, 2.45) is 12.8 Å². The van der Waals surface area contributed by atoms with Crippen LogP contribution >= 0.6 is 0 Å². The molecular weight excluding hydrogens is 218 g/mol. The van der Waals surface area contributed by atoms with Crippen LogP contribution in [0.4, 0.5) is 0 Å². The minimum Gasteiger partial charge on any atom is -0.485 e. The molecule has 0 atom stereocenters. The van der Waals surface area contributed by atoms with Crippen molar-refractivity contribution < 1.29 is 9.15 Å². The number of nitrogens with zero attached hydrogens (tertiary/aromatic N) is 2. The van der Waals surface area contributed by atoms with Crippen molar-refractivity contribution in [2.75, 3.05) is 0 Å². The second kappa shape index (κ2) is 4.63. The van der Waals surface area contributed by atoms with Gasteiger partial charge in [0, 0.05) is 12.6 Å². The van der Waals surface area contributed by atoms with E-state index in [0.717, 1.165) is 28.5 Å². The maximum atomic E-state index is 5.78. The Morgan fingerprint density at radius 2 is 2.24 bits per heavy atom. The smallest absolute Gasteiger partial charge is 0.163 e. The number of aromatic nitrogens is 2. The molecule has 2 N–H and O–H groups in total. The quantitative estimate of drug-likeness (QED) is 0.875. The number of ether oxygens (including phenoxy) is 1. The predicted molar refractivity (Wildman–Crippen MR) is 63.6 cm³/mol. The van der Waals surface area contributed by atoms with Crippen molar-refractivity contribution in [3.8, 4) is 5.75 Å². The number of hydrogen-bond donors (Lipinski definition) is 1. The average Bonchev–Trinajstić information content (AvgIpc) is 2.84. The zero-order valence-corrected chi connectivity index (χ0v) is 10.4. The Kier molecular flexibility index (Phi) is 3.19. The third-order valence-electron chi connectivity index (χ3n) is 2.84. The molecule has 0 radical (unpaired) electrons. The molecule has 5 nitrogen and oxygen atoms in total. The van der Waals surface area contributed by atoms with E-state index in [4.69, 9.17) is 14.9 Å². The first-order valence-electron chi connectivity index (χ1n) is 5.51. The molecule has 2 aromatic heterocycles. The maximum Gasteiger partial charge on any atom is 0.163 e. The van der Waals surface area contributed by atoms with E-state index in [2.05, 4.69) is 5.10 Å². The number of furan rings is 1. The Balaban J connectivity index is 2.12. The van der Waals surface area contributed by atoms with Crippen LogP contribution in [0.15, 0.2) is 16.7 Å². The summed E-state index contributed by atoms with van der Waals surface area (Å²) in [5.74, 6) is 1.60. The van der Waals surface area contributed by atoms with E-state index in [1.807, 2.05) is 31.6 Å². The van der Waals surface area contributed by atoms with Gasteiger partial charge in [0.1, 0.15) is 18.1 Å². The van der Waals surface area contributed by atoms with Gasteiger partial charge in [0.05, 0.1) is 18.5 Å². The molecule has 2 aromatic rings. The first-order valence-corrected chi connectivity index (χ1v) is 5.51. The highest BCUT2D eigenvalue weighted by Gasteiger charge is 2.12. The summed E-state index contributed by atoms with van der Waals surface area (Å²) in [6.45, 7) is 4.75. The molecule has 0 amide bonds. The van der Waals surface area contributed by atoms with Crippen LogP contribution in [-0.4, -0.2) is 9.78 Å². The van der Waals surface area contributed by atoms with Crippen molar-refractivity contribution in [1.82, 2.24) is 9.78 Å². The summed E-state index contributed by atoms with van der Waals surface area (Å²) in [5.41, 5.74) is 8.45. The van der Waals surface area contributed by atoms with Crippen molar-refractivity contribution >= 4 is 0 Å². The van der Waals surface area contributed by atoms with Crippen molar-refractivity contribution in [3.63, 3.8) is 0 Å². The minimum atomic E-state index is 0.386. The molecule has 2 heterocycles. The highest BCUT2D eigenvalue weighted by molar-refractivity contribution is 5.32. The highest BCUT2D eigenvalue weighted by atomic mass is 16.5. The van der Waals surface area contributed by atoms with Gasteiger partial charge in [-0.3, -0.25) is 4.68 Å². The van der Waals surface area contributed by atoms with Crippen LogP contribution in [-0.2, 0) is 20.2 Å². The summed E-state index contributed by atoms with van der Waals surface area (Å²) in [6, 6.07) is 1.88. The number of rotatable bonds is 4. The molecule has 0 unspecified atom stereocenters. The van der Waals surface area contributed by atoms with Gasteiger partial charge >= 0.3 is 0 Å². The molecular formula is C12H17N3O2. The summed E-state index contributed by atoms with van der Waals surface area (Å²) < 4.78 is 12.8. The molecule has 0 saturated carbocycles. The summed E-state index contributed by atoms with van der Waals surface area (Å²) >= 11 is 0. The lowest BCUT2D eigenvalue weighted by molar-refractivity contribution is 0.297. The monoisotopic (exact) mass is 235 g/mol. The van der Waals surface area contributed by atoms with E-state index in [9.17, 15) is 0 Å². The SMILES string of the molecule is Cc1nn(C)c(C)c1OCc1ccoc1CN. The zero-order valence-electron chi connectivity index (χ0n) is 10.4. The van der Waals surface area contributed by atoms with Gasteiger partial charge in [0.25, 0.3) is 0 Å². The molecule has 0 saturated heterocycles. The van der Waals surface area contributed by atoms with Crippen LogP contribution in [0.1, 0.15) is 22.7 Å². The van der Waals surface area contributed by atoms with Crippen LogP contribution in [0.2, 0.25) is 0 Å². The molecule has 0 aliphatic carbocycles. The van der Waals surface area contributed by atoms with Gasteiger partial charge in [0.15, 0.2) is 5.75 Å². The average molecular weight is 235 g/mol. The molecule has 0 spiro atoms. The lowest BCUT2D eigenvalue weighted by Gasteiger charge is -2.06. The Labute approximate surface area is 100 Å². The van der Waals surface area contributed by atoms with Crippen LogP contribution in [0, 0.1) is 13.8 Å². The van der Waals surface area contributed by atoms with Crippen LogP contribution in [0.3, 0.4) is 0 Å². The summed E-state index contributed by atoms with van der Waals surface area (Å²) in [4.78, 5) is 0. The fourth-order valence-corrected chi connectivity index (χ4v) is 1.79. The third kappa shape index (κ3) is 2.19. The van der Waals surface area contributed by atoms with Gasteiger partial charge in [0.2, 0.25) is 0 Å². The Morgan fingerprint density at radius 1 is 1.47 bits per heavy atom. The van der Waals surface area contributed by atoms with E-state index in [0.29, 0.717) is 13.2 Å². The van der Waals surface area contributed by atoms with Crippen LogP contribution < -0.4 is 10.5 Å². The molecule has 0 aliphatic heterocycles. The van der Waals surface area contributed by atoms with E-state index < -0.39 is 0 Å². The number of hydrogen-bond acceptors (Lipinski definition) is 4. The molecule has 5 heteroatoms. The summed E-state index contributed by atoms with van der Waals surface area (Å²) in [6.07, 6.45) is 1.63. The van der Waals surface area contributed by atoms with Gasteiger partial charge in [-0.15, -0.1) is 0 Å². The van der Waals surface area contributed by atoms with Gasteiger partial charge in [-0.25, -0.2) is 0 Å². The van der Waals surface area contributed by atoms with Gasteiger partial charge in [-0.05, 0) is 19.9 Å². The summed E-state index contributed by atoms with van der Waals surface area (Å²) in [5, 5.41) is 4.30. The Morgan fingerprint density at radius 3 is 2.82 bits per heavy atom. The predicted octanol–water partition coefficient (Wildman–Crippen LogP) is 1.67. The molecule has 0 aliphatic rings. The standard InChI is InChI=1S/C12H17N3O2/c1-8-12(9(2)15(3)14-8)17-7-10-4-5-16-11(10)6-13/h4-5H,6-7,13H2,1-3H3. The molecule has 0 fully saturated rings. The Bertz CT molecular complexity index is 514. The van der Waals surface area contributed by atoms with E-state index in [1.165, 1.54) is 0 Å². The zero-order chi connectivity index (χ0) is 12.4. The highest BCUT2D eigenvalue weighted by Crippen LogP contribution is 2.23. The van der Waals surface area contributed by atoms with Crippen molar-refractivity contribution in [2.45, 2.75) is 27.0 Å². The first kappa shape index (κ1) is 11.7. The molecule has 17 heavy (non-hydrogen) atoms. The Hall–Kier alpha value is -1.75. The van der Waals surface area contributed by atoms with Gasteiger partial charge in [-0.2, -0.15) is 5.10 Å². The molecule has 92 valence electrons. The first-order chi connectivity index (χ1) is 8.13. The van der Waals surface area contributed by atoms with Gasteiger partial charge < -0.3 is 14.9 Å². The largest absolute Gasteiger partial charge is 0.485 e. The van der Waals surface area contributed by atoms with Crippen molar-refractivity contribution in [1.29, 1.82) is 0 Å². The lowest BCUT2D eigenvalue weighted by atomic mass is 10.2. The minimum absolute atomic E-state index is 0.386. The van der Waals surface area contributed by atoms with E-state index in [-0.39, 0.29) is 0 Å². The normalized spacial score (nSPS) is 10.8. The topological polar surface area (TPSA) is 66.2 Å². The van der Waals surface area contributed by atoms with Gasteiger partial charge in [-0.1, -0.05) is 0 Å². The number of aryl methyl sites for hydroxylation is 2. The fraction of sp³-hybridized carbons (Fsp3) is 0.417. The van der Waals surface area contributed by atoms with E-state index in [1.54, 1.807) is 6.26 Å². The number of nitrogens with two attached hydrogens (primary N) is 1.